The molecule has 11 heteroatoms. The first kappa shape index (κ1) is 22.0. The van der Waals surface area contributed by atoms with Gasteiger partial charge in [-0.05, 0) is 49.4 Å². The Labute approximate surface area is 201 Å². The van der Waals surface area contributed by atoms with Gasteiger partial charge in [-0.25, -0.2) is 14.1 Å². The number of aryl methyl sites for hydroxylation is 1. The van der Waals surface area contributed by atoms with Gasteiger partial charge in [-0.15, -0.1) is 22.7 Å². The lowest BCUT2D eigenvalue weighted by Gasteiger charge is -2.02. The van der Waals surface area contributed by atoms with Crippen molar-refractivity contribution in [1.82, 2.24) is 20.1 Å². The van der Waals surface area contributed by atoms with Crippen molar-refractivity contribution in [3.05, 3.63) is 70.0 Å². The Morgan fingerprint density at radius 3 is 2.74 bits per heavy atom. The van der Waals surface area contributed by atoms with Gasteiger partial charge in [0.2, 0.25) is 5.91 Å². The van der Waals surface area contributed by atoms with Crippen molar-refractivity contribution in [2.75, 3.05) is 5.32 Å². The van der Waals surface area contributed by atoms with Crippen LogP contribution in [0.2, 0.25) is 0 Å². The molecule has 1 aromatic carbocycles. The van der Waals surface area contributed by atoms with Crippen LogP contribution in [0, 0.1) is 12.7 Å². The normalized spacial score (nSPS) is 11.1. The molecule has 172 valence electrons. The monoisotopic (exact) mass is 495 g/mol. The molecule has 0 aliphatic rings. The zero-order chi connectivity index (χ0) is 23.8. The Hall–Kier alpha value is -3.83. The van der Waals surface area contributed by atoms with Crippen LogP contribution in [0.15, 0.2) is 52.3 Å². The van der Waals surface area contributed by atoms with E-state index in [1.165, 1.54) is 41.7 Å². The topological polar surface area (TPSA) is 102 Å². The van der Waals surface area contributed by atoms with Gasteiger partial charge in [-0.1, -0.05) is 0 Å². The van der Waals surface area contributed by atoms with E-state index in [-0.39, 0.29) is 17.6 Å². The molecule has 0 spiro atoms. The van der Waals surface area contributed by atoms with Gasteiger partial charge in [0.25, 0.3) is 5.91 Å². The maximum absolute atomic E-state index is 13.3. The fraction of sp³-hybridized carbons (Fsp3) is 0.130. The molecular formula is C23H18FN5O3S2. The Balaban J connectivity index is 1.34. The molecule has 0 aliphatic carbocycles. The lowest BCUT2D eigenvalue weighted by molar-refractivity contribution is -0.119. The van der Waals surface area contributed by atoms with Crippen LogP contribution in [0.25, 0.3) is 27.4 Å². The number of carbonyl (C=O) groups is 2. The van der Waals surface area contributed by atoms with Crippen LogP contribution in [0.1, 0.15) is 28.0 Å². The van der Waals surface area contributed by atoms with Crippen LogP contribution in [-0.4, -0.2) is 26.6 Å². The number of aromatic nitrogens is 3. The van der Waals surface area contributed by atoms with Crippen molar-refractivity contribution in [3.63, 3.8) is 0 Å². The van der Waals surface area contributed by atoms with Crippen molar-refractivity contribution in [2.24, 2.45) is 0 Å². The molecule has 34 heavy (non-hydrogen) atoms. The highest BCUT2D eigenvalue weighted by Gasteiger charge is 2.19. The first-order valence-electron chi connectivity index (χ1n) is 10.2. The van der Waals surface area contributed by atoms with Crippen LogP contribution >= 0.6 is 22.7 Å². The zero-order valence-corrected chi connectivity index (χ0v) is 19.7. The minimum atomic E-state index is -0.323. The lowest BCUT2D eigenvalue weighted by Crippen LogP contribution is -2.18. The van der Waals surface area contributed by atoms with Crippen molar-refractivity contribution >= 4 is 49.8 Å². The average Bonchev–Trinajstić information content (AvgIpc) is 3.58. The molecule has 0 saturated heterocycles. The fourth-order valence-electron chi connectivity index (χ4n) is 3.34. The number of thiazole rings is 1. The Kier molecular flexibility index (Phi) is 5.72. The molecule has 0 saturated carbocycles. The second kappa shape index (κ2) is 8.84. The summed E-state index contributed by atoms with van der Waals surface area (Å²) in [6, 6.07) is 11.4. The highest BCUT2D eigenvalue weighted by molar-refractivity contribution is 7.20. The van der Waals surface area contributed by atoms with E-state index >= 15 is 0 Å². The first-order valence-corrected chi connectivity index (χ1v) is 11.9. The smallest absolute Gasteiger partial charge is 0.267 e. The molecule has 0 aliphatic heterocycles. The number of carbonyl (C=O) groups excluding carboxylic acids is 2. The highest BCUT2D eigenvalue weighted by atomic mass is 32.1. The van der Waals surface area contributed by atoms with Crippen LogP contribution in [0.5, 0.6) is 0 Å². The number of nitrogens with one attached hydrogen (secondary N) is 2. The maximum Gasteiger partial charge on any atom is 0.267 e. The number of fused-ring (bicyclic) bond motifs is 1. The molecule has 5 rings (SSSR count). The van der Waals surface area contributed by atoms with E-state index in [1.54, 1.807) is 40.4 Å². The highest BCUT2D eigenvalue weighted by Crippen LogP contribution is 2.32. The number of halogens is 1. The Morgan fingerprint density at radius 1 is 1.18 bits per heavy atom. The van der Waals surface area contributed by atoms with Gasteiger partial charge in [-0.3, -0.25) is 14.9 Å². The average molecular weight is 496 g/mol. The summed E-state index contributed by atoms with van der Waals surface area (Å²) in [4.78, 5) is 29.7. The molecule has 0 atom stereocenters. The van der Waals surface area contributed by atoms with Crippen LogP contribution in [0.4, 0.5) is 9.52 Å². The second-order valence-corrected chi connectivity index (χ2v) is 9.36. The number of hydrogen-bond donors (Lipinski definition) is 2. The molecule has 0 unspecified atom stereocenters. The fourth-order valence-corrected chi connectivity index (χ4v) is 5.11. The number of amides is 2. The van der Waals surface area contributed by atoms with Gasteiger partial charge in [-0.2, -0.15) is 5.10 Å². The van der Waals surface area contributed by atoms with Gasteiger partial charge in [0.1, 0.15) is 22.1 Å². The predicted molar refractivity (Wildman–Crippen MR) is 129 cm³/mol. The van der Waals surface area contributed by atoms with Gasteiger partial charge in [0.05, 0.1) is 22.8 Å². The summed E-state index contributed by atoms with van der Waals surface area (Å²) >= 11 is 2.59. The maximum atomic E-state index is 13.3. The molecule has 0 bridgehead atoms. The third-order valence-electron chi connectivity index (χ3n) is 4.99. The molecule has 4 heterocycles. The largest absolute Gasteiger partial charge is 0.458 e. The summed E-state index contributed by atoms with van der Waals surface area (Å²) in [6.07, 6.45) is 0. The minimum Gasteiger partial charge on any atom is -0.458 e. The number of benzene rings is 1. The number of hydrogen-bond acceptors (Lipinski definition) is 7. The van der Waals surface area contributed by atoms with Crippen molar-refractivity contribution in [2.45, 2.75) is 20.4 Å². The summed E-state index contributed by atoms with van der Waals surface area (Å²) < 4.78 is 20.7. The van der Waals surface area contributed by atoms with E-state index in [4.69, 9.17) is 4.42 Å². The van der Waals surface area contributed by atoms with E-state index in [0.29, 0.717) is 39.5 Å². The summed E-state index contributed by atoms with van der Waals surface area (Å²) in [5.41, 5.74) is 2.08. The zero-order valence-electron chi connectivity index (χ0n) is 18.1. The van der Waals surface area contributed by atoms with Gasteiger partial charge in [0, 0.05) is 17.7 Å². The SMILES string of the molecule is CC(=O)NCc1ccc(-c2csc(NC(=O)c3cc4c(C)nn(-c5ccc(F)cc5)c4s3)n2)o1. The molecule has 2 amide bonds. The summed E-state index contributed by atoms with van der Waals surface area (Å²) in [5, 5.41) is 13.1. The van der Waals surface area contributed by atoms with E-state index in [0.717, 1.165) is 15.9 Å². The molecule has 0 radical (unpaired) electrons. The molecule has 0 fully saturated rings. The van der Waals surface area contributed by atoms with Crippen LogP contribution in [0.3, 0.4) is 0 Å². The van der Waals surface area contributed by atoms with Gasteiger partial charge < -0.3 is 9.73 Å². The number of thiophene rings is 1. The van der Waals surface area contributed by atoms with Gasteiger partial charge in [0.15, 0.2) is 10.9 Å². The van der Waals surface area contributed by atoms with E-state index < -0.39 is 0 Å². The molecular weight excluding hydrogens is 477 g/mol. The molecule has 2 N–H and O–H groups in total. The molecule has 5 aromatic rings. The van der Waals surface area contributed by atoms with Crippen LogP contribution < -0.4 is 10.6 Å². The third-order valence-corrected chi connectivity index (χ3v) is 6.86. The molecule has 4 aromatic heterocycles. The quantitative estimate of drug-likeness (QED) is 0.340. The summed E-state index contributed by atoms with van der Waals surface area (Å²) in [7, 11) is 0. The number of nitrogens with zero attached hydrogens (tertiary/aromatic N) is 3. The van der Waals surface area contributed by atoms with Crippen molar-refractivity contribution in [3.8, 4) is 17.1 Å². The number of rotatable bonds is 6. The third kappa shape index (κ3) is 4.35. The van der Waals surface area contributed by atoms with E-state index in [2.05, 4.69) is 20.7 Å². The summed E-state index contributed by atoms with van der Waals surface area (Å²) in [6.45, 7) is 3.60. The Bertz CT molecular complexity index is 1510. The first-order chi connectivity index (χ1) is 16.4. The van der Waals surface area contributed by atoms with Crippen molar-refractivity contribution in [1.29, 1.82) is 0 Å². The standard InChI is InChI=1S/C23H18FN5O3S2/c1-12-17-9-20(34-22(17)29(28-12)15-5-3-14(24)4-6-15)21(31)27-23-26-18(11-33-23)19-8-7-16(32-19)10-25-13(2)30/h3-9,11H,10H2,1-2H3,(H,25,30)(H,26,27,31). The number of furan rings is 1. The minimum absolute atomic E-state index is 0.140. The molecule has 8 nitrogen and oxygen atoms in total. The van der Waals surface area contributed by atoms with Gasteiger partial charge >= 0.3 is 0 Å². The predicted octanol–water partition coefficient (Wildman–Crippen LogP) is 5.14. The second-order valence-electron chi connectivity index (χ2n) is 7.47. The van der Waals surface area contributed by atoms with E-state index in [9.17, 15) is 14.0 Å². The summed E-state index contributed by atoms with van der Waals surface area (Å²) in [5.74, 6) is 0.418. The Morgan fingerprint density at radius 2 is 1.97 bits per heavy atom. The van der Waals surface area contributed by atoms with Crippen molar-refractivity contribution < 1.29 is 18.4 Å². The van der Waals surface area contributed by atoms with E-state index in [1.807, 2.05) is 6.92 Å². The van der Waals surface area contributed by atoms with Crippen LogP contribution in [-0.2, 0) is 11.3 Å². The number of anilines is 1. The lowest BCUT2D eigenvalue weighted by atomic mass is 10.3.